The summed E-state index contributed by atoms with van der Waals surface area (Å²) >= 11 is 0. The molecule has 6 nitrogen and oxygen atoms in total. The summed E-state index contributed by atoms with van der Waals surface area (Å²) < 4.78 is 37.9. The van der Waals surface area contributed by atoms with E-state index in [1.54, 1.807) is 43.5 Å². The van der Waals surface area contributed by atoms with Crippen LogP contribution in [0.4, 0.5) is 0 Å². The molecule has 0 aliphatic heterocycles. The van der Waals surface area contributed by atoms with Crippen LogP contribution in [0.25, 0.3) is 11.3 Å². The normalized spacial score (nSPS) is 12.7. The largest absolute Gasteiger partial charge is 0.497 e. The number of ether oxygens (including phenoxy) is 1. The zero-order chi connectivity index (χ0) is 19.4. The Bertz CT molecular complexity index is 995. The number of hydrogen-bond donors (Lipinski definition) is 2. The lowest BCUT2D eigenvalue weighted by Gasteiger charge is -2.14. The molecule has 0 spiro atoms. The van der Waals surface area contributed by atoms with Crippen molar-refractivity contribution in [1.82, 2.24) is 4.72 Å². The Labute approximate surface area is 158 Å². The van der Waals surface area contributed by atoms with E-state index in [9.17, 15) is 13.5 Å². The van der Waals surface area contributed by atoms with Gasteiger partial charge in [0.25, 0.3) is 0 Å². The van der Waals surface area contributed by atoms with E-state index < -0.39 is 16.1 Å². The van der Waals surface area contributed by atoms with Crippen molar-refractivity contribution in [2.75, 3.05) is 13.7 Å². The minimum Gasteiger partial charge on any atom is -0.497 e. The monoisotopic (exact) mass is 387 g/mol. The molecule has 0 unspecified atom stereocenters. The van der Waals surface area contributed by atoms with E-state index in [-0.39, 0.29) is 11.4 Å². The SMILES string of the molecule is COc1ccc(S(=O)(=O)NC[C@@H](O)c2ccc(-c3ccco3)cc2)c(C)c1. The lowest BCUT2D eigenvalue weighted by molar-refractivity contribution is 0.182. The molecule has 0 saturated carbocycles. The van der Waals surface area contributed by atoms with Crippen LogP contribution in [-0.2, 0) is 10.0 Å². The van der Waals surface area contributed by atoms with Crippen LogP contribution >= 0.6 is 0 Å². The molecule has 142 valence electrons. The standard InChI is InChI=1S/C20H21NO5S/c1-14-12-17(25-2)9-10-20(14)27(23,24)21-13-18(22)15-5-7-16(8-6-15)19-4-3-11-26-19/h3-12,18,21-22H,13H2,1-2H3/t18-/m1/s1. The van der Waals surface area contributed by atoms with Crippen LogP contribution < -0.4 is 9.46 Å². The summed E-state index contributed by atoms with van der Waals surface area (Å²) in [6.07, 6.45) is 0.623. The summed E-state index contributed by atoms with van der Waals surface area (Å²) in [7, 11) is -2.22. The molecule has 2 N–H and O–H groups in total. The highest BCUT2D eigenvalue weighted by Crippen LogP contribution is 2.23. The summed E-state index contributed by atoms with van der Waals surface area (Å²) in [5, 5.41) is 10.3. The lowest BCUT2D eigenvalue weighted by atomic mass is 10.1. The number of benzene rings is 2. The summed E-state index contributed by atoms with van der Waals surface area (Å²) in [4.78, 5) is 0.156. The van der Waals surface area contributed by atoms with Crippen LogP contribution in [0.1, 0.15) is 17.2 Å². The highest BCUT2D eigenvalue weighted by molar-refractivity contribution is 7.89. The number of nitrogens with one attached hydrogen (secondary N) is 1. The van der Waals surface area contributed by atoms with E-state index >= 15 is 0 Å². The van der Waals surface area contributed by atoms with Gasteiger partial charge in [0, 0.05) is 12.1 Å². The van der Waals surface area contributed by atoms with E-state index in [1.165, 1.54) is 13.2 Å². The average molecular weight is 387 g/mol. The summed E-state index contributed by atoms with van der Waals surface area (Å²) in [5.74, 6) is 1.31. The Morgan fingerprint density at radius 3 is 2.48 bits per heavy atom. The summed E-state index contributed by atoms with van der Waals surface area (Å²) in [6, 6.07) is 15.5. The number of hydrogen-bond acceptors (Lipinski definition) is 5. The highest BCUT2D eigenvalue weighted by atomic mass is 32.2. The molecule has 3 aromatic rings. The summed E-state index contributed by atoms with van der Waals surface area (Å²) in [6.45, 7) is 1.56. The minimum atomic E-state index is -3.74. The second-order valence-electron chi connectivity index (χ2n) is 6.10. The molecule has 0 amide bonds. The maximum atomic E-state index is 12.5. The minimum absolute atomic E-state index is 0.131. The maximum Gasteiger partial charge on any atom is 0.240 e. The fraction of sp³-hybridized carbons (Fsp3) is 0.200. The van der Waals surface area contributed by atoms with E-state index in [2.05, 4.69) is 4.72 Å². The number of aliphatic hydroxyl groups is 1. The first-order valence-corrected chi connectivity index (χ1v) is 9.85. The van der Waals surface area contributed by atoms with Crippen LogP contribution in [-0.4, -0.2) is 27.2 Å². The van der Waals surface area contributed by atoms with Gasteiger partial charge in [-0.3, -0.25) is 0 Å². The number of aryl methyl sites for hydroxylation is 1. The summed E-state index contributed by atoms with van der Waals surface area (Å²) in [5.41, 5.74) is 2.06. The molecule has 0 aliphatic carbocycles. The predicted molar refractivity (Wildman–Crippen MR) is 102 cm³/mol. The van der Waals surface area contributed by atoms with Crippen molar-refractivity contribution < 1.29 is 22.7 Å². The number of sulfonamides is 1. The van der Waals surface area contributed by atoms with Gasteiger partial charge in [0.1, 0.15) is 11.5 Å². The third kappa shape index (κ3) is 4.39. The van der Waals surface area contributed by atoms with Gasteiger partial charge in [-0.2, -0.15) is 0 Å². The van der Waals surface area contributed by atoms with Crippen molar-refractivity contribution in [2.24, 2.45) is 0 Å². The molecule has 0 radical (unpaired) electrons. The van der Waals surface area contributed by atoms with Crippen molar-refractivity contribution >= 4 is 10.0 Å². The van der Waals surface area contributed by atoms with Gasteiger partial charge in [-0.1, -0.05) is 24.3 Å². The van der Waals surface area contributed by atoms with Crippen molar-refractivity contribution in [3.63, 3.8) is 0 Å². The Hall–Kier alpha value is -2.61. The fourth-order valence-corrected chi connectivity index (χ4v) is 4.01. The second kappa shape index (κ2) is 7.96. The molecule has 1 aromatic heterocycles. The quantitative estimate of drug-likeness (QED) is 0.649. The molecule has 0 aliphatic rings. The molecule has 1 heterocycles. The maximum absolute atomic E-state index is 12.5. The fourth-order valence-electron chi connectivity index (χ4n) is 2.75. The van der Waals surface area contributed by atoms with Gasteiger partial charge in [0.05, 0.1) is 24.4 Å². The number of aliphatic hydroxyl groups excluding tert-OH is 1. The Morgan fingerprint density at radius 2 is 1.89 bits per heavy atom. The predicted octanol–water partition coefficient (Wildman–Crippen LogP) is 3.28. The van der Waals surface area contributed by atoms with Gasteiger partial charge >= 0.3 is 0 Å². The zero-order valence-electron chi connectivity index (χ0n) is 15.0. The number of rotatable bonds is 7. The first kappa shape index (κ1) is 19.2. The highest BCUT2D eigenvalue weighted by Gasteiger charge is 2.19. The average Bonchev–Trinajstić information content (AvgIpc) is 3.20. The van der Waals surface area contributed by atoms with Gasteiger partial charge in [0.2, 0.25) is 10.0 Å². The van der Waals surface area contributed by atoms with E-state index in [0.29, 0.717) is 16.9 Å². The van der Waals surface area contributed by atoms with Crippen LogP contribution in [0.15, 0.2) is 70.2 Å². The van der Waals surface area contributed by atoms with Gasteiger partial charge in [-0.05, 0) is 48.4 Å². The Kier molecular flexibility index (Phi) is 5.65. The van der Waals surface area contributed by atoms with Crippen LogP contribution in [0, 0.1) is 6.92 Å². The Morgan fingerprint density at radius 1 is 1.15 bits per heavy atom. The molecule has 1 atom stereocenters. The molecule has 0 saturated heterocycles. The van der Waals surface area contributed by atoms with Crippen molar-refractivity contribution in [2.45, 2.75) is 17.9 Å². The lowest BCUT2D eigenvalue weighted by Crippen LogP contribution is -2.29. The molecule has 0 bridgehead atoms. The van der Waals surface area contributed by atoms with E-state index in [4.69, 9.17) is 9.15 Å². The molecular weight excluding hydrogens is 366 g/mol. The first-order chi connectivity index (χ1) is 12.9. The molecule has 0 fully saturated rings. The van der Waals surface area contributed by atoms with Gasteiger partial charge in [-0.25, -0.2) is 13.1 Å². The van der Waals surface area contributed by atoms with Crippen molar-refractivity contribution in [3.8, 4) is 17.1 Å². The second-order valence-corrected chi connectivity index (χ2v) is 7.83. The topological polar surface area (TPSA) is 88.8 Å². The van der Waals surface area contributed by atoms with Gasteiger partial charge in [0.15, 0.2) is 0 Å². The van der Waals surface area contributed by atoms with E-state index in [1.807, 2.05) is 18.2 Å². The van der Waals surface area contributed by atoms with Gasteiger partial charge in [-0.15, -0.1) is 0 Å². The van der Waals surface area contributed by atoms with Gasteiger partial charge < -0.3 is 14.3 Å². The molecular formula is C20H21NO5S. The zero-order valence-corrected chi connectivity index (χ0v) is 15.9. The van der Waals surface area contributed by atoms with Crippen molar-refractivity contribution in [1.29, 1.82) is 0 Å². The van der Waals surface area contributed by atoms with Crippen LogP contribution in [0.5, 0.6) is 5.75 Å². The Balaban J connectivity index is 1.68. The third-order valence-corrected chi connectivity index (χ3v) is 5.82. The third-order valence-electron chi connectivity index (χ3n) is 4.24. The molecule has 2 aromatic carbocycles. The molecule has 27 heavy (non-hydrogen) atoms. The van der Waals surface area contributed by atoms with E-state index in [0.717, 1.165) is 11.3 Å². The number of methoxy groups -OCH3 is 1. The van der Waals surface area contributed by atoms with Crippen LogP contribution in [0.3, 0.4) is 0 Å². The van der Waals surface area contributed by atoms with Crippen LogP contribution in [0.2, 0.25) is 0 Å². The smallest absolute Gasteiger partial charge is 0.240 e. The first-order valence-electron chi connectivity index (χ1n) is 8.37. The molecule has 3 rings (SSSR count). The van der Waals surface area contributed by atoms with Crippen molar-refractivity contribution in [3.05, 3.63) is 72.0 Å². The number of furan rings is 1. The molecule has 7 heteroatoms.